The van der Waals surface area contributed by atoms with Crippen molar-refractivity contribution in [2.24, 2.45) is 5.73 Å². The van der Waals surface area contributed by atoms with E-state index in [0.29, 0.717) is 6.54 Å². The van der Waals surface area contributed by atoms with Crippen LogP contribution >= 0.6 is 0 Å². The molecule has 0 aromatic heterocycles. The fourth-order valence-corrected chi connectivity index (χ4v) is 1.49. The Morgan fingerprint density at radius 1 is 1.38 bits per heavy atom. The van der Waals surface area contributed by atoms with Crippen LogP contribution in [0.5, 0.6) is 0 Å². The van der Waals surface area contributed by atoms with Gasteiger partial charge in [0.15, 0.2) is 0 Å². The van der Waals surface area contributed by atoms with Crippen LogP contribution in [0.15, 0.2) is 24.3 Å². The Kier molecular flexibility index (Phi) is 3.10. The number of benzene rings is 1. The molecule has 0 amide bonds. The first-order chi connectivity index (χ1) is 6.12. The van der Waals surface area contributed by atoms with Crippen molar-refractivity contribution in [3.05, 3.63) is 35.4 Å². The molecule has 0 spiro atoms. The molecule has 0 heterocycles. The number of nitrogens with two attached hydrogens (primary N) is 1. The molecule has 1 rings (SSSR count). The molecule has 0 aliphatic carbocycles. The van der Waals surface area contributed by atoms with Gasteiger partial charge in [-0.2, -0.15) is 0 Å². The fraction of sp³-hybridized carbons (Fsp3) is 0.500. The predicted molar refractivity (Wildman–Crippen MR) is 57.9 cm³/mol. The Hall–Kier alpha value is -0.820. The molecule has 13 heavy (non-hydrogen) atoms. The lowest BCUT2D eigenvalue weighted by Crippen LogP contribution is -2.30. The maximum Gasteiger partial charge on any atom is 0.00448 e. The molecule has 0 aliphatic rings. The highest BCUT2D eigenvalue weighted by Gasteiger charge is 2.22. The summed E-state index contributed by atoms with van der Waals surface area (Å²) in [4.78, 5) is 0. The van der Waals surface area contributed by atoms with E-state index < -0.39 is 0 Å². The van der Waals surface area contributed by atoms with E-state index in [4.69, 9.17) is 5.73 Å². The number of rotatable bonds is 3. The van der Waals surface area contributed by atoms with Crippen molar-refractivity contribution in [2.45, 2.75) is 32.6 Å². The summed E-state index contributed by atoms with van der Waals surface area (Å²) in [6.45, 7) is 7.25. The molecule has 1 aromatic carbocycles. The molecule has 1 atom stereocenters. The van der Waals surface area contributed by atoms with Crippen molar-refractivity contribution in [3.8, 4) is 0 Å². The Morgan fingerprint density at radius 2 is 2.08 bits per heavy atom. The Morgan fingerprint density at radius 3 is 2.54 bits per heavy atom. The van der Waals surface area contributed by atoms with E-state index >= 15 is 0 Å². The van der Waals surface area contributed by atoms with Gasteiger partial charge in [-0.25, -0.2) is 0 Å². The lowest BCUT2D eigenvalue weighted by atomic mass is 9.80. The van der Waals surface area contributed by atoms with Gasteiger partial charge in [-0.1, -0.05) is 43.7 Å². The molecule has 0 bridgehead atoms. The summed E-state index contributed by atoms with van der Waals surface area (Å²) in [7, 11) is 0. The minimum absolute atomic E-state index is 0.145. The van der Waals surface area contributed by atoms with Crippen LogP contribution in [0.4, 0.5) is 0 Å². The SMILES string of the molecule is CCC(C)(CN)c1cccc(C)c1. The molecular weight excluding hydrogens is 158 g/mol. The Balaban J connectivity index is 3.05. The van der Waals surface area contributed by atoms with Gasteiger partial charge in [0.1, 0.15) is 0 Å². The van der Waals surface area contributed by atoms with E-state index in [-0.39, 0.29) is 5.41 Å². The maximum absolute atomic E-state index is 5.80. The molecule has 72 valence electrons. The summed E-state index contributed by atoms with van der Waals surface area (Å²) in [5, 5.41) is 0. The first-order valence-corrected chi connectivity index (χ1v) is 4.89. The molecule has 0 aliphatic heterocycles. The minimum atomic E-state index is 0.145. The van der Waals surface area contributed by atoms with Gasteiger partial charge in [-0.3, -0.25) is 0 Å². The molecule has 0 radical (unpaired) electrons. The topological polar surface area (TPSA) is 26.0 Å². The van der Waals surface area contributed by atoms with E-state index in [9.17, 15) is 0 Å². The number of hydrogen-bond acceptors (Lipinski definition) is 1. The van der Waals surface area contributed by atoms with Crippen molar-refractivity contribution in [2.75, 3.05) is 6.54 Å². The highest BCUT2D eigenvalue weighted by molar-refractivity contribution is 5.29. The van der Waals surface area contributed by atoms with Gasteiger partial charge in [0.25, 0.3) is 0 Å². The monoisotopic (exact) mass is 177 g/mol. The normalized spacial score (nSPS) is 15.4. The number of hydrogen-bond donors (Lipinski definition) is 1. The average molecular weight is 177 g/mol. The summed E-state index contributed by atoms with van der Waals surface area (Å²) in [6, 6.07) is 8.63. The van der Waals surface area contributed by atoms with Gasteiger partial charge >= 0.3 is 0 Å². The van der Waals surface area contributed by atoms with Gasteiger partial charge < -0.3 is 5.73 Å². The van der Waals surface area contributed by atoms with Gasteiger partial charge in [-0.15, -0.1) is 0 Å². The highest BCUT2D eigenvalue weighted by atomic mass is 14.6. The third kappa shape index (κ3) is 2.10. The molecule has 0 saturated carbocycles. The standard InChI is InChI=1S/C12H19N/c1-4-12(3,9-13)11-7-5-6-10(2)8-11/h5-8H,4,9,13H2,1-3H3. The fourth-order valence-electron chi connectivity index (χ4n) is 1.49. The predicted octanol–water partition coefficient (Wildman–Crippen LogP) is 2.62. The molecule has 0 saturated heterocycles. The van der Waals surface area contributed by atoms with Crippen LogP contribution in [0.3, 0.4) is 0 Å². The summed E-state index contributed by atoms with van der Waals surface area (Å²) >= 11 is 0. The highest BCUT2D eigenvalue weighted by Crippen LogP contribution is 2.26. The summed E-state index contributed by atoms with van der Waals surface area (Å²) in [5.74, 6) is 0. The van der Waals surface area contributed by atoms with Crippen molar-refractivity contribution in [1.29, 1.82) is 0 Å². The third-order valence-electron chi connectivity index (χ3n) is 2.95. The Bertz CT molecular complexity index is 274. The van der Waals surface area contributed by atoms with Crippen LogP contribution in [0, 0.1) is 6.92 Å². The summed E-state index contributed by atoms with van der Waals surface area (Å²) in [6.07, 6.45) is 1.09. The van der Waals surface area contributed by atoms with Crippen molar-refractivity contribution in [3.63, 3.8) is 0 Å². The molecule has 1 heteroatoms. The summed E-state index contributed by atoms with van der Waals surface area (Å²) in [5.41, 5.74) is 8.61. The van der Waals surface area contributed by atoms with E-state index in [1.54, 1.807) is 0 Å². The molecular formula is C12H19N. The van der Waals surface area contributed by atoms with Gasteiger partial charge in [-0.05, 0) is 18.9 Å². The number of aryl methyl sites for hydroxylation is 1. The summed E-state index contributed by atoms with van der Waals surface area (Å²) < 4.78 is 0. The molecule has 1 nitrogen and oxygen atoms in total. The molecule has 1 unspecified atom stereocenters. The average Bonchev–Trinajstić information content (AvgIpc) is 2.17. The zero-order valence-corrected chi connectivity index (χ0v) is 8.80. The quantitative estimate of drug-likeness (QED) is 0.754. The van der Waals surface area contributed by atoms with Crippen LogP contribution in [0.1, 0.15) is 31.4 Å². The van der Waals surface area contributed by atoms with Gasteiger partial charge in [0, 0.05) is 12.0 Å². The van der Waals surface area contributed by atoms with Crippen LogP contribution in [0.2, 0.25) is 0 Å². The van der Waals surface area contributed by atoms with E-state index in [1.165, 1.54) is 11.1 Å². The minimum Gasteiger partial charge on any atom is -0.330 e. The molecule has 1 aromatic rings. The second-order valence-electron chi connectivity index (χ2n) is 3.99. The van der Waals surface area contributed by atoms with Gasteiger partial charge in [0.2, 0.25) is 0 Å². The second-order valence-corrected chi connectivity index (χ2v) is 3.99. The van der Waals surface area contributed by atoms with E-state index in [0.717, 1.165) is 6.42 Å². The van der Waals surface area contributed by atoms with Crippen molar-refractivity contribution in [1.82, 2.24) is 0 Å². The Labute approximate surface area is 81.0 Å². The van der Waals surface area contributed by atoms with Crippen LogP contribution in [-0.2, 0) is 5.41 Å². The van der Waals surface area contributed by atoms with Crippen molar-refractivity contribution >= 4 is 0 Å². The largest absolute Gasteiger partial charge is 0.330 e. The third-order valence-corrected chi connectivity index (χ3v) is 2.95. The zero-order valence-electron chi connectivity index (χ0n) is 8.80. The lowest BCUT2D eigenvalue weighted by molar-refractivity contribution is 0.467. The first-order valence-electron chi connectivity index (χ1n) is 4.89. The maximum atomic E-state index is 5.80. The molecule has 2 N–H and O–H groups in total. The smallest absolute Gasteiger partial charge is 0.00448 e. The van der Waals surface area contributed by atoms with Crippen molar-refractivity contribution < 1.29 is 0 Å². The van der Waals surface area contributed by atoms with Crippen LogP contribution in [-0.4, -0.2) is 6.54 Å². The van der Waals surface area contributed by atoms with Crippen LogP contribution in [0.25, 0.3) is 0 Å². The van der Waals surface area contributed by atoms with Crippen LogP contribution < -0.4 is 5.73 Å². The molecule has 0 fully saturated rings. The zero-order chi connectivity index (χ0) is 9.90. The second kappa shape index (κ2) is 3.93. The van der Waals surface area contributed by atoms with Gasteiger partial charge in [0.05, 0.1) is 0 Å². The van der Waals surface area contributed by atoms with E-state index in [1.807, 2.05) is 0 Å². The first kappa shape index (κ1) is 10.3. The van der Waals surface area contributed by atoms with E-state index in [2.05, 4.69) is 45.0 Å². The lowest BCUT2D eigenvalue weighted by Gasteiger charge is -2.27.